The molecule has 0 aliphatic rings. The zero-order chi connectivity index (χ0) is 21.0. The maximum Gasteiger partial charge on any atom is 0.303 e. The number of nitrogens with two attached hydrogens (primary N) is 1. The van der Waals surface area contributed by atoms with Gasteiger partial charge in [0.2, 0.25) is 0 Å². The van der Waals surface area contributed by atoms with Crippen molar-refractivity contribution in [2.75, 3.05) is 0 Å². The van der Waals surface area contributed by atoms with Crippen LogP contribution in [0.5, 0.6) is 0 Å². The Labute approximate surface area is 170 Å². The number of hydrogen-bond donors (Lipinski definition) is 3. The molecule has 0 aromatic rings. The first-order chi connectivity index (χ1) is 13.4. The zero-order valence-electron chi connectivity index (χ0n) is 17.5. The number of aliphatic carboxylic acids is 2. The van der Waals surface area contributed by atoms with Crippen LogP contribution >= 0.6 is 0 Å². The normalized spacial score (nSPS) is 12.0. The SMILES string of the molecule is N[C@@H](CCC(=O)O)C(=O)CCCCCCCCCCCCCCCCC(=O)O. The van der Waals surface area contributed by atoms with E-state index in [0.717, 1.165) is 38.5 Å². The molecular formula is C22H41NO5. The molecule has 0 aliphatic heterocycles. The van der Waals surface area contributed by atoms with Crippen molar-refractivity contribution in [2.24, 2.45) is 5.73 Å². The third-order valence-corrected chi connectivity index (χ3v) is 5.15. The van der Waals surface area contributed by atoms with E-state index >= 15 is 0 Å². The number of carbonyl (C=O) groups excluding carboxylic acids is 1. The molecule has 0 spiro atoms. The minimum atomic E-state index is -0.906. The third-order valence-electron chi connectivity index (χ3n) is 5.15. The van der Waals surface area contributed by atoms with E-state index in [2.05, 4.69) is 0 Å². The lowest BCUT2D eigenvalue weighted by Gasteiger charge is -2.08. The van der Waals surface area contributed by atoms with Crippen molar-refractivity contribution in [1.29, 1.82) is 0 Å². The first kappa shape index (κ1) is 26.6. The van der Waals surface area contributed by atoms with Gasteiger partial charge in [-0.2, -0.15) is 0 Å². The van der Waals surface area contributed by atoms with Gasteiger partial charge < -0.3 is 15.9 Å². The van der Waals surface area contributed by atoms with Gasteiger partial charge in [-0.05, 0) is 19.3 Å². The Bertz CT molecular complexity index is 425. The number of carboxylic acid groups (broad SMARTS) is 2. The van der Waals surface area contributed by atoms with Gasteiger partial charge in [-0.15, -0.1) is 0 Å². The molecule has 0 unspecified atom stereocenters. The third kappa shape index (κ3) is 19.3. The van der Waals surface area contributed by atoms with Crippen LogP contribution in [0.4, 0.5) is 0 Å². The Kier molecular flexibility index (Phi) is 17.9. The average molecular weight is 400 g/mol. The fraction of sp³-hybridized carbons (Fsp3) is 0.864. The van der Waals surface area contributed by atoms with E-state index in [0.29, 0.717) is 12.8 Å². The van der Waals surface area contributed by atoms with Gasteiger partial charge in [-0.3, -0.25) is 14.4 Å². The van der Waals surface area contributed by atoms with Crippen LogP contribution in [0.3, 0.4) is 0 Å². The highest BCUT2D eigenvalue weighted by molar-refractivity contribution is 5.84. The minimum Gasteiger partial charge on any atom is -0.481 e. The van der Waals surface area contributed by atoms with Crippen LogP contribution in [-0.4, -0.2) is 34.0 Å². The van der Waals surface area contributed by atoms with E-state index in [1.54, 1.807) is 0 Å². The summed E-state index contributed by atoms with van der Waals surface area (Å²) in [7, 11) is 0. The highest BCUT2D eigenvalue weighted by Gasteiger charge is 2.14. The molecule has 4 N–H and O–H groups in total. The molecule has 0 saturated heterocycles. The topological polar surface area (TPSA) is 118 Å². The molecule has 0 saturated carbocycles. The van der Waals surface area contributed by atoms with Gasteiger partial charge in [0, 0.05) is 19.3 Å². The monoisotopic (exact) mass is 399 g/mol. The summed E-state index contributed by atoms with van der Waals surface area (Å²) in [6.45, 7) is 0. The van der Waals surface area contributed by atoms with Crippen molar-refractivity contribution in [2.45, 2.75) is 122 Å². The summed E-state index contributed by atoms with van der Waals surface area (Å²) in [5, 5.41) is 17.2. The molecule has 0 heterocycles. The summed E-state index contributed by atoms with van der Waals surface area (Å²) in [6.07, 6.45) is 17.1. The maximum atomic E-state index is 11.8. The number of ketones is 1. The lowest BCUT2D eigenvalue weighted by atomic mass is 10.0. The Morgan fingerprint density at radius 3 is 1.21 bits per heavy atom. The van der Waals surface area contributed by atoms with Crippen molar-refractivity contribution in [3.63, 3.8) is 0 Å². The molecule has 28 heavy (non-hydrogen) atoms. The smallest absolute Gasteiger partial charge is 0.303 e. The maximum absolute atomic E-state index is 11.8. The van der Waals surface area contributed by atoms with Crippen LogP contribution in [0.15, 0.2) is 0 Å². The van der Waals surface area contributed by atoms with E-state index in [1.165, 1.54) is 51.4 Å². The highest BCUT2D eigenvalue weighted by Crippen LogP contribution is 2.14. The lowest BCUT2D eigenvalue weighted by molar-refractivity contribution is -0.138. The molecule has 0 aromatic heterocycles. The number of Topliss-reactive ketones (excluding diaryl/α,β-unsaturated/α-hetero) is 1. The molecular weight excluding hydrogens is 358 g/mol. The van der Waals surface area contributed by atoms with Gasteiger partial charge >= 0.3 is 11.9 Å². The zero-order valence-corrected chi connectivity index (χ0v) is 17.5. The molecule has 0 amide bonds. The Hall–Kier alpha value is -1.43. The van der Waals surface area contributed by atoms with E-state index in [1.807, 2.05) is 0 Å². The standard InChI is InChI=1S/C22H41NO5/c23-19(17-18-22(27)28)20(24)15-13-11-9-7-5-3-1-2-4-6-8-10-12-14-16-21(25)26/h19H,1-18,23H2,(H,25,26)(H,27,28)/t19-/m0/s1. The molecule has 0 aromatic carbocycles. The van der Waals surface area contributed by atoms with Crippen LogP contribution in [0.2, 0.25) is 0 Å². The largest absolute Gasteiger partial charge is 0.481 e. The molecule has 164 valence electrons. The van der Waals surface area contributed by atoms with Crippen LogP contribution in [0, 0.1) is 0 Å². The van der Waals surface area contributed by atoms with Gasteiger partial charge in [0.05, 0.1) is 6.04 Å². The van der Waals surface area contributed by atoms with Crippen molar-refractivity contribution >= 4 is 17.7 Å². The first-order valence-corrected chi connectivity index (χ1v) is 11.2. The van der Waals surface area contributed by atoms with Gasteiger partial charge in [0.15, 0.2) is 0 Å². The summed E-state index contributed by atoms with van der Waals surface area (Å²) >= 11 is 0. The summed E-state index contributed by atoms with van der Waals surface area (Å²) in [5.41, 5.74) is 5.70. The predicted octanol–water partition coefficient (Wildman–Crippen LogP) is 5.07. The number of hydrogen-bond acceptors (Lipinski definition) is 4. The van der Waals surface area contributed by atoms with E-state index in [-0.39, 0.29) is 18.6 Å². The second-order valence-electron chi connectivity index (χ2n) is 7.85. The van der Waals surface area contributed by atoms with Crippen molar-refractivity contribution in [3.8, 4) is 0 Å². The molecule has 6 heteroatoms. The Balaban J connectivity index is 3.24. The first-order valence-electron chi connectivity index (χ1n) is 11.2. The van der Waals surface area contributed by atoms with Crippen LogP contribution in [0.25, 0.3) is 0 Å². The van der Waals surface area contributed by atoms with Crippen LogP contribution in [-0.2, 0) is 14.4 Å². The van der Waals surface area contributed by atoms with E-state index in [4.69, 9.17) is 15.9 Å². The molecule has 6 nitrogen and oxygen atoms in total. The fourth-order valence-electron chi connectivity index (χ4n) is 3.32. The molecule has 0 fully saturated rings. The predicted molar refractivity (Wildman–Crippen MR) is 111 cm³/mol. The quantitative estimate of drug-likeness (QED) is 0.232. The van der Waals surface area contributed by atoms with Gasteiger partial charge in [-0.25, -0.2) is 0 Å². The second kappa shape index (κ2) is 18.9. The number of carbonyl (C=O) groups is 3. The summed E-state index contributed by atoms with van der Waals surface area (Å²) < 4.78 is 0. The number of carboxylic acids is 2. The Morgan fingerprint density at radius 1 is 0.536 bits per heavy atom. The molecule has 0 aliphatic carbocycles. The van der Waals surface area contributed by atoms with Crippen LogP contribution < -0.4 is 5.73 Å². The van der Waals surface area contributed by atoms with E-state index in [9.17, 15) is 14.4 Å². The van der Waals surface area contributed by atoms with Gasteiger partial charge in [0.1, 0.15) is 5.78 Å². The van der Waals surface area contributed by atoms with Crippen molar-refractivity contribution < 1.29 is 24.6 Å². The molecule has 0 radical (unpaired) electrons. The van der Waals surface area contributed by atoms with Gasteiger partial charge in [0.25, 0.3) is 0 Å². The van der Waals surface area contributed by atoms with Crippen molar-refractivity contribution in [3.05, 3.63) is 0 Å². The fourth-order valence-corrected chi connectivity index (χ4v) is 3.32. The summed E-state index contributed by atoms with van der Waals surface area (Å²) in [6, 6.07) is -0.624. The summed E-state index contributed by atoms with van der Waals surface area (Å²) in [4.78, 5) is 32.6. The highest BCUT2D eigenvalue weighted by atomic mass is 16.4. The minimum absolute atomic E-state index is 0.0110. The number of rotatable bonds is 21. The average Bonchev–Trinajstić information content (AvgIpc) is 2.65. The Morgan fingerprint density at radius 2 is 0.857 bits per heavy atom. The second-order valence-corrected chi connectivity index (χ2v) is 7.85. The molecule has 1 atom stereocenters. The van der Waals surface area contributed by atoms with Crippen LogP contribution in [0.1, 0.15) is 116 Å². The van der Waals surface area contributed by atoms with Crippen molar-refractivity contribution in [1.82, 2.24) is 0 Å². The summed E-state index contributed by atoms with van der Waals surface area (Å²) in [5.74, 6) is -1.61. The molecule has 0 bridgehead atoms. The number of unbranched alkanes of at least 4 members (excludes halogenated alkanes) is 13. The van der Waals surface area contributed by atoms with Gasteiger partial charge in [-0.1, -0.05) is 77.0 Å². The molecule has 0 rings (SSSR count). The van der Waals surface area contributed by atoms with E-state index < -0.39 is 18.0 Å². The lowest BCUT2D eigenvalue weighted by Crippen LogP contribution is -2.30.